The number of halogens is 1. The second-order valence-electron chi connectivity index (χ2n) is 7.33. The summed E-state index contributed by atoms with van der Waals surface area (Å²) in [6.07, 6.45) is 6.70. The van der Waals surface area contributed by atoms with Crippen molar-refractivity contribution < 1.29 is 13.2 Å². The summed E-state index contributed by atoms with van der Waals surface area (Å²) < 4.78 is 27.8. The number of amides is 1. The molecule has 31 heavy (non-hydrogen) atoms. The number of sulfonamides is 1. The third-order valence-corrected chi connectivity index (χ3v) is 8.00. The fourth-order valence-corrected chi connectivity index (χ4v) is 5.46. The Morgan fingerprint density at radius 3 is 2.32 bits per heavy atom. The van der Waals surface area contributed by atoms with E-state index in [1.165, 1.54) is 25.7 Å². The molecule has 0 saturated heterocycles. The highest BCUT2D eigenvalue weighted by molar-refractivity contribution is 7.91. The van der Waals surface area contributed by atoms with Gasteiger partial charge in [-0.25, -0.2) is 13.1 Å². The topological polar surface area (TPSA) is 87.3 Å². The molecule has 0 aliphatic carbocycles. The number of unbranched alkanes of at least 4 members (excludes halogenated alkanes) is 4. The molecule has 0 spiro atoms. The van der Waals surface area contributed by atoms with Crippen molar-refractivity contribution in [2.75, 3.05) is 19.6 Å². The zero-order chi connectivity index (χ0) is 22.5. The molecule has 1 amide bonds. The number of hydrogen-bond donors (Lipinski definition) is 3. The molecule has 172 valence electrons. The molecule has 0 radical (unpaired) electrons. The molecule has 0 aliphatic heterocycles. The van der Waals surface area contributed by atoms with Gasteiger partial charge < -0.3 is 10.6 Å². The fraction of sp³-hybridized carbons (Fsp3) is 0.500. The number of rotatable bonds is 15. The molecule has 6 nitrogen and oxygen atoms in total. The lowest BCUT2D eigenvalue weighted by molar-refractivity contribution is 0.0951. The molecule has 2 rings (SSSR count). The maximum atomic E-state index is 12.5. The molecule has 0 atom stereocenters. The summed E-state index contributed by atoms with van der Waals surface area (Å²) in [7, 11) is -3.52. The van der Waals surface area contributed by atoms with Crippen molar-refractivity contribution in [3.05, 3.63) is 51.9 Å². The van der Waals surface area contributed by atoms with E-state index in [-0.39, 0.29) is 16.7 Å². The van der Waals surface area contributed by atoms with Gasteiger partial charge in [0.25, 0.3) is 5.91 Å². The third-order valence-electron chi connectivity index (χ3n) is 4.71. The molecular formula is C22H32ClN3O3S2. The molecule has 9 heteroatoms. The average molecular weight is 486 g/mol. The first kappa shape index (κ1) is 25.8. The van der Waals surface area contributed by atoms with E-state index in [4.69, 9.17) is 11.6 Å². The van der Waals surface area contributed by atoms with E-state index < -0.39 is 10.0 Å². The molecule has 2 aromatic rings. The Bertz CT molecular complexity index is 899. The summed E-state index contributed by atoms with van der Waals surface area (Å²) in [5, 5.41) is 6.76. The smallest absolute Gasteiger partial charge is 0.251 e. The maximum absolute atomic E-state index is 12.5. The maximum Gasteiger partial charge on any atom is 0.251 e. The zero-order valence-electron chi connectivity index (χ0n) is 18.0. The van der Waals surface area contributed by atoms with E-state index in [0.29, 0.717) is 17.1 Å². The lowest BCUT2D eigenvalue weighted by atomic mass is 10.2. The van der Waals surface area contributed by atoms with Crippen molar-refractivity contribution in [2.24, 2.45) is 0 Å². The number of carbonyl (C=O) groups is 1. The Balaban J connectivity index is 1.67. The Morgan fingerprint density at radius 2 is 1.61 bits per heavy atom. The van der Waals surface area contributed by atoms with Crippen LogP contribution in [0, 0.1) is 0 Å². The minimum atomic E-state index is -3.52. The highest BCUT2D eigenvalue weighted by atomic mass is 35.5. The van der Waals surface area contributed by atoms with E-state index >= 15 is 0 Å². The van der Waals surface area contributed by atoms with Gasteiger partial charge in [0.2, 0.25) is 10.0 Å². The minimum Gasteiger partial charge on any atom is -0.347 e. The summed E-state index contributed by atoms with van der Waals surface area (Å²) >= 11 is 6.99. The Morgan fingerprint density at radius 1 is 0.935 bits per heavy atom. The largest absolute Gasteiger partial charge is 0.347 e. The number of benzene rings is 1. The molecule has 0 aliphatic rings. The van der Waals surface area contributed by atoms with Crippen molar-refractivity contribution in [3.8, 4) is 0 Å². The van der Waals surface area contributed by atoms with Crippen LogP contribution < -0.4 is 15.4 Å². The SMILES string of the molecule is CCCCCCNCCCCNS(=O)(=O)c1ccc(CNC(=O)c2ccc(Cl)cc2)s1. The van der Waals surface area contributed by atoms with Crippen LogP contribution in [-0.2, 0) is 16.6 Å². The van der Waals surface area contributed by atoms with E-state index in [1.807, 2.05) is 0 Å². The van der Waals surface area contributed by atoms with Crippen molar-refractivity contribution in [1.82, 2.24) is 15.4 Å². The zero-order valence-corrected chi connectivity index (χ0v) is 20.3. The highest BCUT2D eigenvalue weighted by Crippen LogP contribution is 2.21. The van der Waals surface area contributed by atoms with Gasteiger partial charge in [-0.2, -0.15) is 0 Å². The molecule has 3 N–H and O–H groups in total. The van der Waals surface area contributed by atoms with Gasteiger partial charge in [-0.1, -0.05) is 37.8 Å². The fourth-order valence-electron chi connectivity index (χ4n) is 2.92. The van der Waals surface area contributed by atoms with Crippen molar-refractivity contribution >= 4 is 38.9 Å². The molecule has 0 saturated carbocycles. The quantitative estimate of drug-likeness (QED) is 0.323. The number of thiophene rings is 1. The van der Waals surface area contributed by atoms with Crippen LogP contribution in [0.1, 0.15) is 60.7 Å². The first-order chi connectivity index (χ1) is 14.9. The van der Waals surface area contributed by atoms with Crippen molar-refractivity contribution in [3.63, 3.8) is 0 Å². The molecule has 1 aromatic carbocycles. The van der Waals surface area contributed by atoms with Crippen LogP contribution in [0.4, 0.5) is 0 Å². The van der Waals surface area contributed by atoms with Crippen molar-refractivity contribution in [2.45, 2.75) is 56.2 Å². The van der Waals surface area contributed by atoms with Gasteiger partial charge in [-0.05, 0) is 68.8 Å². The van der Waals surface area contributed by atoms with E-state index in [9.17, 15) is 13.2 Å². The molecule has 1 aromatic heterocycles. The number of nitrogens with one attached hydrogen (secondary N) is 3. The lowest BCUT2D eigenvalue weighted by Gasteiger charge is -2.06. The van der Waals surface area contributed by atoms with Gasteiger partial charge in [0.1, 0.15) is 4.21 Å². The Labute approximate surface area is 194 Å². The van der Waals surface area contributed by atoms with Crippen LogP contribution in [0.15, 0.2) is 40.6 Å². The minimum absolute atomic E-state index is 0.230. The second-order valence-corrected chi connectivity index (χ2v) is 10.9. The van der Waals surface area contributed by atoms with Gasteiger partial charge in [-0.15, -0.1) is 11.3 Å². The van der Waals surface area contributed by atoms with E-state index in [0.717, 1.165) is 42.1 Å². The third kappa shape index (κ3) is 9.70. The first-order valence-electron chi connectivity index (χ1n) is 10.7. The predicted octanol–water partition coefficient (Wildman–Crippen LogP) is 4.56. The van der Waals surface area contributed by atoms with Gasteiger partial charge >= 0.3 is 0 Å². The Hall–Kier alpha value is -1.45. The van der Waals surface area contributed by atoms with Crippen molar-refractivity contribution in [1.29, 1.82) is 0 Å². The van der Waals surface area contributed by atoms with Crippen LogP contribution in [0.25, 0.3) is 0 Å². The summed E-state index contributed by atoms with van der Waals surface area (Å²) in [4.78, 5) is 12.9. The first-order valence-corrected chi connectivity index (χ1v) is 13.4. The van der Waals surface area contributed by atoms with Crippen LogP contribution in [-0.4, -0.2) is 34.0 Å². The second kappa shape index (κ2) is 13.9. The van der Waals surface area contributed by atoms with Gasteiger partial charge in [0.05, 0.1) is 6.54 Å². The number of hydrogen-bond acceptors (Lipinski definition) is 5. The van der Waals surface area contributed by atoms with Crippen LogP contribution in [0.3, 0.4) is 0 Å². The molecule has 0 fully saturated rings. The molecule has 1 heterocycles. The monoisotopic (exact) mass is 485 g/mol. The summed E-state index contributed by atoms with van der Waals surface area (Å²) in [6, 6.07) is 9.91. The summed E-state index contributed by atoms with van der Waals surface area (Å²) in [6.45, 7) is 4.82. The van der Waals surface area contributed by atoms with E-state index in [2.05, 4.69) is 22.3 Å². The average Bonchev–Trinajstić information content (AvgIpc) is 3.24. The molecular weight excluding hydrogens is 454 g/mol. The number of carbonyl (C=O) groups excluding carboxylic acids is 1. The van der Waals surface area contributed by atoms with Crippen LogP contribution in [0.2, 0.25) is 5.02 Å². The van der Waals surface area contributed by atoms with Crippen LogP contribution in [0.5, 0.6) is 0 Å². The lowest BCUT2D eigenvalue weighted by Crippen LogP contribution is -2.25. The standard InChI is InChI=1S/C22H32ClN3O3S2/c1-2-3-4-5-14-24-15-6-7-16-26-31(28,29)21-13-12-20(30-21)17-25-22(27)18-8-10-19(23)11-9-18/h8-13,24,26H,2-7,14-17H2,1H3,(H,25,27). The molecule has 0 bridgehead atoms. The predicted molar refractivity (Wildman–Crippen MR) is 128 cm³/mol. The Kier molecular flexibility index (Phi) is 11.5. The van der Waals surface area contributed by atoms with Gasteiger partial charge in [0.15, 0.2) is 0 Å². The van der Waals surface area contributed by atoms with E-state index in [1.54, 1.807) is 36.4 Å². The normalized spacial score (nSPS) is 11.5. The highest BCUT2D eigenvalue weighted by Gasteiger charge is 2.16. The summed E-state index contributed by atoms with van der Waals surface area (Å²) in [5.74, 6) is -0.230. The van der Waals surface area contributed by atoms with Gasteiger partial charge in [-0.3, -0.25) is 4.79 Å². The van der Waals surface area contributed by atoms with Crippen LogP contribution >= 0.6 is 22.9 Å². The molecule has 0 unspecified atom stereocenters. The summed E-state index contributed by atoms with van der Waals surface area (Å²) in [5.41, 5.74) is 0.505. The van der Waals surface area contributed by atoms with Gasteiger partial charge in [0, 0.05) is 22.0 Å².